The molecule has 3 unspecified atom stereocenters. The summed E-state index contributed by atoms with van der Waals surface area (Å²) in [7, 11) is 0. The van der Waals surface area contributed by atoms with E-state index in [-0.39, 0.29) is 5.75 Å². The topological polar surface area (TPSA) is 162 Å². The Morgan fingerprint density at radius 3 is 2.54 bits per heavy atom. The lowest BCUT2D eigenvalue weighted by molar-refractivity contribution is -0.149. The summed E-state index contributed by atoms with van der Waals surface area (Å²) < 4.78 is 0. The maximum absolute atomic E-state index is 12.4. The molecule has 6 N–H and O–H groups in total. The highest BCUT2D eigenvalue weighted by molar-refractivity contribution is 7.80. The first-order valence-electron chi connectivity index (χ1n) is 7.39. The number of hydrogen-bond donors (Lipinski definition) is 6. The number of amides is 3. The quantitative estimate of drug-likeness (QED) is 0.249. The van der Waals surface area contributed by atoms with Crippen LogP contribution in [-0.4, -0.2) is 82.4 Å². The molecule has 24 heavy (non-hydrogen) atoms. The summed E-state index contributed by atoms with van der Waals surface area (Å²) in [5, 5.41) is 22.4. The van der Waals surface area contributed by atoms with E-state index in [0.29, 0.717) is 19.4 Å². The van der Waals surface area contributed by atoms with Gasteiger partial charge in [0, 0.05) is 12.3 Å². The van der Waals surface area contributed by atoms with E-state index in [1.807, 2.05) is 0 Å². The number of hydrogen-bond acceptors (Lipinski definition) is 7. The number of carboxylic acid groups (broad SMARTS) is 1. The van der Waals surface area contributed by atoms with Gasteiger partial charge < -0.3 is 31.5 Å². The molecule has 3 amide bonds. The lowest BCUT2D eigenvalue weighted by Gasteiger charge is -2.26. The second kappa shape index (κ2) is 9.45. The van der Waals surface area contributed by atoms with E-state index in [9.17, 15) is 19.2 Å². The molecule has 3 atom stereocenters. The largest absolute Gasteiger partial charge is 0.480 e. The zero-order valence-corrected chi connectivity index (χ0v) is 13.9. The Labute approximate surface area is 144 Å². The van der Waals surface area contributed by atoms with Crippen molar-refractivity contribution < 1.29 is 29.4 Å². The smallest absolute Gasteiger partial charge is 0.326 e. The molecule has 1 rings (SSSR count). The van der Waals surface area contributed by atoms with Crippen molar-refractivity contribution in [3.63, 3.8) is 0 Å². The van der Waals surface area contributed by atoms with E-state index in [1.54, 1.807) is 0 Å². The van der Waals surface area contributed by atoms with E-state index in [1.165, 1.54) is 4.90 Å². The van der Waals surface area contributed by atoms with Crippen molar-refractivity contribution in [2.45, 2.75) is 31.0 Å². The van der Waals surface area contributed by atoms with E-state index < -0.39 is 55.0 Å². The van der Waals surface area contributed by atoms with Crippen LogP contribution in [0.15, 0.2) is 0 Å². The molecule has 1 heterocycles. The molecule has 0 aromatic heterocycles. The number of nitrogens with one attached hydrogen (secondary N) is 2. The molecule has 0 radical (unpaired) electrons. The summed E-state index contributed by atoms with van der Waals surface area (Å²) in [5.41, 5.74) is 5.28. The number of carbonyl (C=O) groups is 4. The SMILES string of the molecule is NC(CO)C(=O)NCC(=O)NC(CS)C(=O)N1CCCC1C(=O)O. The Kier molecular flexibility index (Phi) is 7.95. The Balaban J connectivity index is 2.57. The van der Waals surface area contributed by atoms with Crippen LogP contribution in [0.2, 0.25) is 0 Å². The van der Waals surface area contributed by atoms with Gasteiger partial charge in [0.2, 0.25) is 17.7 Å². The second-order valence-electron chi connectivity index (χ2n) is 5.34. The van der Waals surface area contributed by atoms with Crippen molar-refractivity contribution in [3.8, 4) is 0 Å². The third kappa shape index (κ3) is 5.35. The van der Waals surface area contributed by atoms with Crippen LogP contribution in [0.5, 0.6) is 0 Å². The van der Waals surface area contributed by atoms with Gasteiger partial charge in [0.25, 0.3) is 0 Å². The van der Waals surface area contributed by atoms with Crippen LogP contribution in [0.4, 0.5) is 0 Å². The molecule has 0 bridgehead atoms. The van der Waals surface area contributed by atoms with E-state index in [4.69, 9.17) is 15.9 Å². The number of aliphatic carboxylic acids is 1. The Hall–Kier alpha value is -1.85. The number of nitrogens with two attached hydrogens (primary N) is 1. The Bertz CT molecular complexity index is 503. The number of likely N-dealkylation sites (tertiary alicyclic amines) is 1. The highest BCUT2D eigenvalue weighted by Crippen LogP contribution is 2.18. The van der Waals surface area contributed by atoms with Crippen LogP contribution < -0.4 is 16.4 Å². The summed E-state index contributed by atoms with van der Waals surface area (Å²) in [5.74, 6) is -2.98. The highest BCUT2D eigenvalue weighted by Gasteiger charge is 2.37. The van der Waals surface area contributed by atoms with Crippen LogP contribution in [0, 0.1) is 0 Å². The molecule has 1 saturated heterocycles. The highest BCUT2D eigenvalue weighted by atomic mass is 32.1. The zero-order chi connectivity index (χ0) is 18.3. The van der Waals surface area contributed by atoms with Gasteiger partial charge in [-0.15, -0.1) is 0 Å². The lowest BCUT2D eigenvalue weighted by atomic mass is 10.2. The predicted molar refractivity (Wildman–Crippen MR) is 86.2 cm³/mol. The van der Waals surface area contributed by atoms with Gasteiger partial charge >= 0.3 is 5.97 Å². The van der Waals surface area contributed by atoms with E-state index in [2.05, 4.69) is 23.3 Å². The Morgan fingerprint density at radius 1 is 1.33 bits per heavy atom. The number of nitrogens with zero attached hydrogens (tertiary/aromatic N) is 1. The minimum absolute atomic E-state index is 0.0164. The standard InChI is InChI=1S/C13H22N4O6S/c14-7(5-18)11(20)15-4-10(19)16-8(6-24)12(21)17-3-1-2-9(17)13(22)23/h7-9,18,24H,1-6,14H2,(H,15,20)(H,16,19)(H,22,23). The fourth-order valence-corrected chi connectivity index (χ4v) is 2.55. The first-order chi connectivity index (χ1) is 11.3. The van der Waals surface area contributed by atoms with Crippen LogP contribution in [0.3, 0.4) is 0 Å². The molecular weight excluding hydrogens is 340 g/mol. The van der Waals surface area contributed by atoms with E-state index >= 15 is 0 Å². The molecule has 0 aliphatic carbocycles. The first-order valence-corrected chi connectivity index (χ1v) is 8.02. The van der Waals surface area contributed by atoms with Crippen LogP contribution in [0.25, 0.3) is 0 Å². The molecule has 0 saturated carbocycles. The monoisotopic (exact) mass is 362 g/mol. The van der Waals surface area contributed by atoms with Crippen molar-refractivity contribution in [1.82, 2.24) is 15.5 Å². The van der Waals surface area contributed by atoms with Gasteiger partial charge in [-0.25, -0.2) is 4.79 Å². The number of thiol groups is 1. The van der Waals surface area contributed by atoms with Crippen LogP contribution in [0.1, 0.15) is 12.8 Å². The summed E-state index contributed by atoms with van der Waals surface area (Å²) >= 11 is 4.01. The normalized spacial score (nSPS) is 19.5. The summed E-state index contributed by atoms with van der Waals surface area (Å²) in [6.07, 6.45) is 0.939. The molecule has 1 aliphatic rings. The predicted octanol–water partition coefficient (Wildman–Crippen LogP) is -3.09. The van der Waals surface area contributed by atoms with Crippen molar-refractivity contribution >= 4 is 36.3 Å². The summed E-state index contributed by atoms with van der Waals surface area (Å²) in [4.78, 5) is 47.9. The molecule has 0 aromatic carbocycles. The average molecular weight is 362 g/mol. The first kappa shape index (κ1) is 20.2. The van der Waals surface area contributed by atoms with Gasteiger partial charge in [-0.1, -0.05) is 0 Å². The molecule has 136 valence electrons. The number of aliphatic hydroxyl groups is 1. The molecule has 0 aromatic rings. The minimum atomic E-state index is -1.14. The molecule has 1 fully saturated rings. The summed E-state index contributed by atoms with van der Waals surface area (Å²) in [6.45, 7) is -0.679. The maximum atomic E-state index is 12.4. The average Bonchev–Trinajstić information content (AvgIpc) is 3.05. The fourth-order valence-electron chi connectivity index (χ4n) is 2.30. The third-order valence-electron chi connectivity index (χ3n) is 3.59. The molecule has 11 heteroatoms. The molecular formula is C13H22N4O6S. The zero-order valence-electron chi connectivity index (χ0n) is 13.0. The van der Waals surface area contributed by atoms with Crippen LogP contribution in [-0.2, 0) is 19.2 Å². The fraction of sp³-hybridized carbons (Fsp3) is 0.692. The number of carboxylic acids is 1. The van der Waals surface area contributed by atoms with Crippen molar-refractivity contribution in [3.05, 3.63) is 0 Å². The van der Waals surface area contributed by atoms with Gasteiger partial charge in [-0.2, -0.15) is 12.6 Å². The van der Waals surface area contributed by atoms with Crippen LogP contribution >= 0.6 is 12.6 Å². The minimum Gasteiger partial charge on any atom is -0.480 e. The van der Waals surface area contributed by atoms with Crippen molar-refractivity contribution in [2.75, 3.05) is 25.4 Å². The van der Waals surface area contributed by atoms with Gasteiger partial charge in [0.15, 0.2) is 0 Å². The Morgan fingerprint density at radius 2 is 2.00 bits per heavy atom. The van der Waals surface area contributed by atoms with Gasteiger partial charge in [-0.3, -0.25) is 14.4 Å². The lowest BCUT2D eigenvalue weighted by Crippen LogP contribution is -2.54. The molecule has 0 spiro atoms. The third-order valence-corrected chi connectivity index (χ3v) is 3.96. The van der Waals surface area contributed by atoms with E-state index in [0.717, 1.165) is 0 Å². The van der Waals surface area contributed by atoms with Gasteiger partial charge in [0.1, 0.15) is 18.1 Å². The molecule has 10 nitrogen and oxygen atoms in total. The van der Waals surface area contributed by atoms with Crippen molar-refractivity contribution in [1.29, 1.82) is 0 Å². The number of aliphatic hydroxyl groups excluding tert-OH is 1. The maximum Gasteiger partial charge on any atom is 0.326 e. The second-order valence-corrected chi connectivity index (χ2v) is 5.70. The number of rotatable bonds is 8. The number of carbonyl (C=O) groups excluding carboxylic acids is 3. The van der Waals surface area contributed by atoms with Gasteiger partial charge in [0.05, 0.1) is 13.2 Å². The summed E-state index contributed by atoms with van der Waals surface area (Å²) in [6, 6.07) is -3.04. The van der Waals surface area contributed by atoms with Gasteiger partial charge in [-0.05, 0) is 12.8 Å². The van der Waals surface area contributed by atoms with Crippen molar-refractivity contribution in [2.24, 2.45) is 5.73 Å². The molecule has 1 aliphatic heterocycles.